The van der Waals surface area contributed by atoms with Crippen molar-refractivity contribution in [3.8, 4) is 0 Å². The van der Waals surface area contributed by atoms with Crippen LogP contribution >= 0.6 is 46.4 Å². The maximum atomic E-state index is 11.5. The second kappa shape index (κ2) is 4.51. The zero-order valence-corrected chi connectivity index (χ0v) is 11.7. The van der Waals surface area contributed by atoms with Crippen LogP contribution in [0.25, 0.3) is 0 Å². The molecule has 1 fully saturated rings. The topological polar surface area (TPSA) is 26.3 Å². The Bertz CT molecular complexity index is 473. The molecule has 0 unspecified atom stereocenters. The van der Waals surface area contributed by atoms with E-state index in [4.69, 9.17) is 46.4 Å². The first-order valence-corrected chi connectivity index (χ1v) is 6.31. The molecule has 1 saturated carbocycles. The number of carbonyl (C=O) groups is 1. The first kappa shape index (κ1) is 13.3. The Kier molecular flexibility index (Phi) is 3.52. The summed E-state index contributed by atoms with van der Waals surface area (Å²) in [5, 5.41) is 0.851. The predicted molar refractivity (Wildman–Crippen MR) is 69.1 cm³/mol. The van der Waals surface area contributed by atoms with E-state index in [1.54, 1.807) is 18.2 Å². The summed E-state index contributed by atoms with van der Waals surface area (Å²) in [7, 11) is 1.30. The van der Waals surface area contributed by atoms with Crippen molar-refractivity contribution in [1.82, 2.24) is 0 Å². The Morgan fingerprint density at radius 3 is 2.47 bits per heavy atom. The Balaban J connectivity index is 2.30. The van der Waals surface area contributed by atoms with E-state index in [2.05, 4.69) is 4.74 Å². The number of hydrogen-bond acceptors (Lipinski definition) is 2. The van der Waals surface area contributed by atoms with Gasteiger partial charge in [0.25, 0.3) is 0 Å². The fourth-order valence-corrected chi connectivity index (χ4v) is 2.98. The van der Waals surface area contributed by atoms with Crippen molar-refractivity contribution < 1.29 is 9.53 Å². The number of hydrogen-bond donors (Lipinski definition) is 0. The van der Waals surface area contributed by atoms with Crippen LogP contribution < -0.4 is 0 Å². The van der Waals surface area contributed by atoms with Gasteiger partial charge in [0.15, 0.2) is 0 Å². The normalized spacial score (nSPS) is 25.5. The molecule has 1 aliphatic rings. The summed E-state index contributed by atoms with van der Waals surface area (Å²) in [6.07, 6.45) is 0. The van der Waals surface area contributed by atoms with Crippen molar-refractivity contribution in [2.24, 2.45) is 5.92 Å². The van der Waals surface area contributed by atoms with E-state index < -0.39 is 16.2 Å². The summed E-state index contributed by atoms with van der Waals surface area (Å²) >= 11 is 23.8. The number of carbonyl (C=O) groups excluding carboxylic acids is 1. The van der Waals surface area contributed by atoms with Gasteiger partial charge in [0, 0.05) is 5.92 Å². The molecule has 2 nitrogen and oxygen atoms in total. The van der Waals surface area contributed by atoms with E-state index in [-0.39, 0.29) is 5.92 Å². The Labute approximate surface area is 119 Å². The molecular formula is C11H8Cl4O2. The van der Waals surface area contributed by atoms with Crippen molar-refractivity contribution in [3.63, 3.8) is 0 Å². The average Bonchev–Trinajstić information content (AvgIpc) is 2.84. The monoisotopic (exact) mass is 312 g/mol. The minimum absolute atomic E-state index is 0.312. The standard InChI is InChI=1S/C11H8Cl4O2/c1-17-10(16)9-8(11(9,14)15)5-2-3-6(12)7(13)4-5/h2-4,8-9H,1H3/t8-,9+/m0/s1. The molecule has 0 N–H and O–H groups in total. The maximum absolute atomic E-state index is 11.5. The Morgan fingerprint density at radius 1 is 1.29 bits per heavy atom. The third kappa shape index (κ3) is 2.24. The fraction of sp³-hybridized carbons (Fsp3) is 0.364. The molecular weight excluding hydrogens is 306 g/mol. The molecule has 0 aliphatic heterocycles. The molecule has 1 aliphatic carbocycles. The van der Waals surface area contributed by atoms with Crippen LogP contribution in [-0.2, 0) is 9.53 Å². The summed E-state index contributed by atoms with van der Waals surface area (Å²) in [4.78, 5) is 11.5. The number of alkyl halides is 2. The van der Waals surface area contributed by atoms with Gasteiger partial charge in [0.05, 0.1) is 17.2 Å². The highest BCUT2D eigenvalue weighted by molar-refractivity contribution is 6.53. The highest BCUT2D eigenvalue weighted by Crippen LogP contribution is 2.65. The quantitative estimate of drug-likeness (QED) is 0.608. The molecule has 2 atom stereocenters. The van der Waals surface area contributed by atoms with Crippen molar-refractivity contribution in [1.29, 1.82) is 0 Å². The van der Waals surface area contributed by atoms with Gasteiger partial charge in [-0.3, -0.25) is 4.79 Å². The number of ether oxygens (including phenoxy) is 1. The van der Waals surface area contributed by atoms with Gasteiger partial charge in [-0.25, -0.2) is 0 Å². The van der Waals surface area contributed by atoms with E-state index in [0.717, 1.165) is 5.56 Å². The molecule has 0 saturated heterocycles. The molecule has 0 radical (unpaired) electrons. The first-order chi connectivity index (χ1) is 7.89. The number of methoxy groups -OCH3 is 1. The average molecular weight is 314 g/mol. The lowest BCUT2D eigenvalue weighted by atomic mass is 10.1. The minimum atomic E-state index is -1.13. The van der Waals surface area contributed by atoms with E-state index >= 15 is 0 Å². The third-order valence-corrected chi connectivity index (χ3v) is 4.49. The highest BCUT2D eigenvalue weighted by Gasteiger charge is 2.68. The summed E-state index contributed by atoms with van der Waals surface area (Å²) < 4.78 is 3.51. The van der Waals surface area contributed by atoms with Crippen LogP contribution in [-0.4, -0.2) is 17.4 Å². The second-order valence-corrected chi connectivity index (χ2v) is 6.09. The number of esters is 1. The van der Waals surface area contributed by atoms with Gasteiger partial charge in [-0.2, -0.15) is 0 Å². The van der Waals surface area contributed by atoms with Crippen LogP contribution in [0.5, 0.6) is 0 Å². The molecule has 0 amide bonds. The van der Waals surface area contributed by atoms with Crippen molar-refractivity contribution in [3.05, 3.63) is 33.8 Å². The van der Waals surface area contributed by atoms with Gasteiger partial charge in [-0.05, 0) is 17.7 Å². The maximum Gasteiger partial charge on any atom is 0.312 e. The molecule has 1 aromatic carbocycles. The minimum Gasteiger partial charge on any atom is -0.469 e. The number of benzene rings is 1. The lowest BCUT2D eigenvalue weighted by Crippen LogP contribution is -2.07. The Hall–Kier alpha value is -0.150. The Morgan fingerprint density at radius 2 is 1.94 bits per heavy atom. The highest BCUT2D eigenvalue weighted by atomic mass is 35.5. The van der Waals surface area contributed by atoms with Gasteiger partial charge in [0.2, 0.25) is 0 Å². The van der Waals surface area contributed by atoms with Gasteiger partial charge in [0.1, 0.15) is 10.3 Å². The smallest absolute Gasteiger partial charge is 0.312 e. The van der Waals surface area contributed by atoms with Crippen molar-refractivity contribution in [2.45, 2.75) is 10.3 Å². The van der Waals surface area contributed by atoms with Crippen molar-refractivity contribution >= 4 is 52.4 Å². The molecule has 0 bridgehead atoms. The molecule has 2 rings (SSSR count). The zero-order valence-electron chi connectivity index (χ0n) is 8.72. The van der Waals surface area contributed by atoms with Crippen LogP contribution in [0, 0.1) is 5.92 Å². The van der Waals surface area contributed by atoms with Gasteiger partial charge < -0.3 is 4.74 Å². The van der Waals surface area contributed by atoms with Gasteiger partial charge >= 0.3 is 5.97 Å². The zero-order chi connectivity index (χ0) is 12.8. The SMILES string of the molecule is COC(=O)[C@H]1[C@H](c2ccc(Cl)c(Cl)c2)C1(Cl)Cl. The number of halogens is 4. The predicted octanol–water partition coefficient (Wildman–Crippen LogP) is 4.05. The molecule has 0 spiro atoms. The van der Waals surface area contributed by atoms with E-state index in [1.807, 2.05) is 0 Å². The second-order valence-electron chi connectivity index (χ2n) is 3.83. The summed E-state index contributed by atoms with van der Waals surface area (Å²) in [6, 6.07) is 5.06. The van der Waals surface area contributed by atoms with Crippen LogP contribution in [0.3, 0.4) is 0 Å². The van der Waals surface area contributed by atoms with Crippen LogP contribution in [0.2, 0.25) is 10.0 Å². The van der Waals surface area contributed by atoms with Crippen LogP contribution in [0.4, 0.5) is 0 Å². The van der Waals surface area contributed by atoms with E-state index in [0.29, 0.717) is 10.0 Å². The fourth-order valence-electron chi connectivity index (χ4n) is 1.87. The van der Waals surface area contributed by atoms with E-state index in [9.17, 15) is 4.79 Å². The largest absolute Gasteiger partial charge is 0.469 e. The van der Waals surface area contributed by atoms with Crippen LogP contribution in [0.15, 0.2) is 18.2 Å². The third-order valence-electron chi connectivity index (χ3n) is 2.81. The molecule has 0 aromatic heterocycles. The van der Waals surface area contributed by atoms with Crippen molar-refractivity contribution in [2.75, 3.05) is 7.11 Å². The lowest BCUT2D eigenvalue weighted by Gasteiger charge is -2.02. The summed E-state index contributed by atoms with van der Waals surface area (Å²) in [5.41, 5.74) is 0.778. The van der Waals surface area contributed by atoms with Crippen LogP contribution in [0.1, 0.15) is 11.5 Å². The lowest BCUT2D eigenvalue weighted by molar-refractivity contribution is -0.142. The van der Waals surface area contributed by atoms with Gasteiger partial charge in [-0.1, -0.05) is 52.5 Å². The molecule has 0 heterocycles. The molecule has 92 valence electrons. The van der Waals surface area contributed by atoms with Gasteiger partial charge in [-0.15, -0.1) is 0 Å². The summed E-state index contributed by atoms with van der Waals surface area (Å²) in [6.45, 7) is 0. The summed E-state index contributed by atoms with van der Waals surface area (Å²) in [5.74, 6) is -1.30. The molecule has 6 heteroatoms. The molecule has 1 aromatic rings. The number of rotatable bonds is 2. The first-order valence-electron chi connectivity index (χ1n) is 4.80. The molecule has 17 heavy (non-hydrogen) atoms. The van der Waals surface area contributed by atoms with E-state index in [1.165, 1.54) is 7.11 Å².